The molecule has 37 heavy (non-hydrogen) atoms. The Morgan fingerprint density at radius 1 is 0.865 bits per heavy atom. The van der Waals surface area contributed by atoms with Crippen LogP contribution in [-0.4, -0.2) is 36.1 Å². The lowest BCUT2D eigenvalue weighted by Crippen LogP contribution is -2.36. The molecule has 3 amide bonds. The summed E-state index contributed by atoms with van der Waals surface area (Å²) in [7, 11) is 1.46. The summed E-state index contributed by atoms with van der Waals surface area (Å²) in [5.74, 6) is -1.74. The van der Waals surface area contributed by atoms with Crippen molar-refractivity contribution in [1.29, 1.82) is 0 Å². The van der Waals surface area contributed by atoms with Crippen LogP contribution in [0.3, 0.4) is 0 Å². The highest BCUT2D eigenvalue weighted by Gasteiger charge is 2.23. The van der Waals surface area contributed by atoms with Crippen LogP contribution >= 0.6 is 23.2 Å². The van der Waals surface area contributed by atoms with Gasteiger partial charge in [-0.05, 0) is 49.4 Å². The lowest BCUT2D eigenvalue weighted by Gasteiger charge is -2.15. The number of hydrogen-bond donors (Lipinski definition) is 3. The molecule has 9 nitrogen and oxygen atoms in total. The first-order valence-corrected chi connectivity index (χ1v) is 11.9. The second kappa shape index (κ2) is 11.2. The van der Waals surface area contributed by atoms with E-state index in [0.29, 0.717) is 45.4 Å². The predicted octanol–water partition coefficient (Wildman–Crippen LogP) is 5.32. The summed E-state index contributed by atoms with van der Waals surface area (Å²) < 4.78 is 12.1. The van der Waals surface area contributed by atoms with Gasteiger partial charge in [0.05, 0.1) is 29.4 Å². The highest BCUT2D eigenvalue weighted by Crippen LogP contribution is 2.30. The van der Waals surface area contributed by atoms with Crippen molar-refractivity contribution >= 4 is 63.2 Å². The van der Waals surface area contributed by atoms with Gasteiger partial charge < -0.3 is 20.1 Å². The first-order valence-electron chi connectivity index (χ1n) is 11.1. The van der Waals surface area contributed by atoms with E-state index in [1.54, 1.807) is 67.6 Å². The molecule has 0 bridgehead atoms. The maximum absolute atomic E-state index is 13.2. The van der Waals surface area contributed by atoms with Crippen LogP contribution in [0.1, 0.15) is 17.4 Å². The predicted molar refractivity (Wildman–Crippen MR) is 144 cm³/mol. The fraction of sp³-hybridized carbons (Fsp3) is 0.115. The molecule has 0 aliphatic carbocycles. The number of fused-ring (bicyclic) bond motifs is 1. The molecule has 11 heteroatoms. The minimum atomic E-state index is -1.02. The number of carbonyl (C=O) groups excluding carboxylic acids is 3. The van der Waals surface area contributed by atoms with E-state index in [4.69, 9.17) is 32.7 Å². The summed E-state index contributed by atoms with van der Waals surface area (Å²) >= 11 is 12.0. The standard InChI is InChI=1S/C26H22Cl2N4O5/c1-3-37-21-9-5-4-8-19(21)30-25(34)26(35)31-32-20(13-15-7-6-10-22(36-2)23(15)32)24(33)29-16-11-12-17(27)18(28)14-16/h4-14H,3H2,1-2H3,(H,29,33)(H,30,34)(H,31,35). The van der Waals surface area contributed by atoms with E-state index in [2.05, 4.69) is 16.1 Å². The maximum Gasteiger partial charge on any atom is 0.328 e. The lowest BCUT2D eigenvalue weighted by molar-refractivity contribution is -0.133. The van der Waals surface area contributed by atoms with E-state index in [-0.39, 0.29) is 10.7 Å². The Labute approximate surface area is 222 Å². The number of amides is 3. The van der Waals surface area contributed by atoms with Gasteiger partial charge >= 0.3 is 11.8 Å². The molecule has 0 aliphatic rings. The van der Waals surface area contributed by atoms with Crippen LogP contribution in [0.15, 0.2) is 66.7 Å². The van der Waals surface area contributed by atoms with Gasteiger partial charge in [-0.15, -0.1) is 0 Å². The van der Waals surface area contributed by atoms with Gasteiger partial charge in [0.15, 0.2) is 0 Å². The van der Waals surface area contributed by atoms with E-state index in [9.17, 15) is 14.4 Å². The average molecular weight is 541 g/mol. The number of hydrogen-bond acceptors (Lipinski definition) is 5. The number of carbonyl (C=O) groups is 3. The monoisotopic (exact) mass is 540 g/mol. The van der Waals surface area contributed by atoms with Crippen LogP contribution in [-0.2, 0) is 9.59 Å². The molecule has 0 fully saturated rings. The Morgan fingerprint density at radius 3 is 2.35 bits per heavy atom. The molecule has 0 radical (unpaired) electrons. The summed E-state index contributed by atoms with van der Waals surface area (Å²) in [6.07, 6.45) is 0. The Hall–Kier alpha value is -4.21. The average Bonchev–Trinajstić information content (AvgIpc) is 3.26. The Balaban J connectivity index is 1.66. The number of benzene rings is 3. The van der Waals surface area contributed by atoms with E-state index in [1.807, 2.05) is 0 Å². The number of methoxy groups -OCH3 is 1. The summed E-state index contributed by atoms with van der Waals surface area (Å²) in [6.45, 7) is 2.19. The van der Waals surface area contributed by atoms with Gasteiger partial charge in [-0.1, -0.05) is 47.5 Å². The van der Waals surface area contributed by atoms with E-state index in [1.165, 1.54) is 17.9 Å². The molecule has 0 atom stereocenters. The summed E-state index contributed by atoms with van der Waals surface area (Å²) in [5, 5.41) is 6.45. The maximum atomic E-state index is 13.2. The van der Waals surface area contributed by atoms with Crippen molar-refractivity contribution in [1.82, 2.24) is 4.68 Å². The van der Waals surface area contributed by atoms with Crippen LogP contribution in [0.5, 0.6) is 11.5 Å². The second-order valence-corrected chi connectivity index (χ2v) is 8.48. The molecule has 1 aromatic heterocycles. The van der Waals surface area contributed by atoms with Crippen molar-refractivity contribution < 1.29 is 23.9 Å². The zero-order chi connectivity index (χ0) is 26.5. The molecular weight excluding hydrogens is 519 g/mol. The van der Waals surface area contributed by atoms with E-state index >= 15 is 0 Å². The number of anilines is 2. The minimum Gasteiger partial charge on any atom is -0.494 e. The van der Waals surface area contributed by atoms with Crippen molar-refractivity contribution in [2.24, 2.45) is 0 Å². The minimum absolute atomic E-state index is 0.0430. The Bertz CT molecular complexity index is 1500. The highest BCUT2D eigenvalue weighted by atomic mass is 35.5. The fourth-order valence-electron chi connectivity index (χ4n) is 3.63. The first-order chi connectivity index (χ1) is 17.8. The first kappa shape index (κ1) is 25.9. The molecule has 1 heterocycles. The number of nitrogens with one attached hydrogen (secondary N) is 3. The molecule has 0 saturated carbocycles. The number of para-hydroxylation sites is 3. The van der Waals surface area contributed by atoms with Gasteiger partial charge in [0.25, 0.3) is 5.91 Å². The third kappa shape index (κ3) is 5.63. The van der Waals surface area contributed by atoms with Gasteiger partial charge in [-0.3, -0.25) is 19.8 Å². The number of nitrogens with zero attached hydrogens (tertiary/aromatic N) is 1. The molecule has 190 valence electrons. The molecule has 4 rings (SSSR count). The molecular formula is C26H22Cl2N4O5. The highest BCUT2D eigenvalue weighted by molar-refractivity contribution is 6.43. The zero-order valence-electron chi connectivity index (χ0n) is 19.8. The zero-order valence-corrected chi connectivity index (χ0v) is 21.3. The van der Waals surface area contributed by atoms with Crippen LogP contribution in [0.2, 0.25) is 10.0 Å². The molecule has 3 N–H and O–H groups in total. The molecule has 3 aromatic carbocycles. The molecule has 4 aromatic rings. The van der Waals surface area contributed by atoms with Crippen LogP contribution in [0, 0.1) is 0 Å². The van der Waals surface area contributed by atoms with Crippen molar-refractivity contribution in [3.8, 4) is 11.5 Å². The van der Waals surface area contributed by atoms with Gasteiger partial charge in [0.2, 0.25) is 0 Å². The van der Waals surface area contributed by atoms with Crippen molar-refractivity contribution in [3.05, 3.63) is 82.5 Å². The van der Waals surface area contributed by atoms with E-state index < -0.39 is 17.7 Å². The smallest absolute Gasteiger partial charge is 0.328 e. The Morgan fingerprint density at radius 2 is 1.62 bits per heavy atom. The van der Waals surface area contributed by atoms with Crippen LogP contribution in [0.4, 0.5) is 11.4 Å². The third-order valence-electron chi connectivity index (χ3n) is 5.27. The molecule has 0 aliphatic heterocycles. The van der Waals surface area contributed by atoms with Crippen molar-refractivity contribution in [3.63, 3.8) is 0 Å². The SMILES string of the molecule is CCOc1ccccc1NC(=O)C(=O)Nn1c(C(=O)Nc2ccc(Cl)c(Cl)c2)cc2cccc(OC)c21. The second-order valence-electron chi connectivity index (χ2n) is 7.67. The number of halogens is 2. The van der Waals surface area contributed by atoms with E-state index in [0.717, 1.165) is 0 Å². The number of ether oxygens (including phenoxy) is 2. The molecule has 0 spiro atoms. The van der Waals surface area contributed by atoms with Gasteiger partial charge in [-0.2, -0.15) is 0 Å². The summed E-state index contributed by atoms with van der Waals surface area (Å²) in [4.78, 5) is 39.0. The van der Waals surface area contributed by atoms with Gasteiger partial charge in [0, 0.05) is 11.1 Å². The summed E-state index contributed by atoms with van der Waals surface area (Å²) in [5.41, 5.74) is 3.66. The topological polar surface area (TPSA) is 111 Å². The van der Waals surface area contributed by atoms with Crippen molar-refractivity contribution in [2.45, 2.75) is 6.92 Å². The molecule has 0 unspecified atom stereocenters. The quantitative estimate of drug-likeness (QED) is 0.275. The third-order valence-corrected chi connectivity index (χ3v) is 6.01. The summed E-state index contributed by atoms with van der Waals surface area (Å²) in [6, 6.07) is 18.1. The van der Waals surface area contributed by atoms with Crippen LogP contribution < -0.4 is 25.5 Å². The fourth-order valence-corrected chi connectivity index (χ4v) is 3.93. The van der Waals surface area contributed by atoms with Crippen molar-refractivity contribution in [2.75, 3.05) is 29.8 Å². The van der Waals surface area contributed by atoms with Gasteiger partial charge in [0.1, 0.15) is 22.7 Å². The normalized spacial score (nSPS) is 10.6. The largest absolute Gasteiger partial charge is 0.494 e. The Kier molecular flexibility index (Phi) is 7.86. The molecule has 0 saturated heterocycles. The number of aromatic nitrogens is 1. The van der Waals surface area contributed by atoms with Gasteiger partial charge in [-0.25, -0.2) is 4.68 Å². The lowest BCUT2D eigenvalue weighted by atomic mass is 10.2. The number of rotatable bonds is 7. The van der Waals surface area contributed by atoms with Crippen LogP contribution in [0.25, 0.3) is 10.9 Å².